The molecule has 250 valence electrons. The van der Waals surface area contributed by atoms with Gasteiger partial charge in [-0.3, -0.25) is 14.5 Å². The van der Waals surface area contributed by atoms with Gasteiger partial charge in [-0.2, -0.15) is 0 Å². The van der Waals surface area contributed by atoms with Crippen molar-refractivity contribution in [1.29, 1.82) is 0 Å². The summed E-state index contributed by atoms with van der Waals surface area (Å²) < 4.78 is 12.5. The molecule has 1 unspecified atom stereocenters. The van der Waals surface area contributed by atoms with Gasteiger partial charge in [0, 0.05) is 11.3 Å². The van der Waals surface area contributed by atoms with Crippen LogP contribution < -0.4 is 14.4 Å². The lowest BCUT2D eigenvalue weighted by atomic mass is 9.95. The van der Waals surface area contributed by atoms with Gasteiger partial charge in [0.2, 0.25) is 5.13 Å². The molecule has 0 aliphatic carbocycles. The fourth-order valence-corrected chi connectivity index (χ4v) is 7.73. The lowest BCUT2D eigenvalue weighted by molar-refractivity contribution is -0.132. The molecule has 6 aromatic rings. The Balaban J connectivity index is 1.23. The zero-order valence-corrected chi connectivity index (χ0v) is 28.8. The van der Waals surface area contributed by atoms with Crippen LogP contribution in [0.15, 0.2) is 131 Å². The first-order chi connectivity index (χ1) is 24.5. The monoisotopic (exact) mass is 699 g/mol. The third-order valence-corrected chi connectivity index (χ3v) is 10.4. The molecule has 1 aliphatic heterocycles. The van der Waals surface area contributed by atoms with Crippen LogP contribution in [0.1, 0.15) is 41.6 Å². The predicted molar refractivity (Wildman–Crippen MR) is 198 cm³/mol. The van der Waals surface area contributed by atoms with E-state index < -0.39 is 17.7 Å². The van der Waals surface area contributed by atoms with E-state index in [1.54, 1.807) is 36.4 Å². The molecule has 1 aromatic heterocycles. The molecule has 7 rings (SSSR count). The Morgan fingerprint density at radius 1 is 0.840 bits per heavy atom. The maximum Gasteiger partial charge on any atom is 0.301 e. The molecule has 50 heavy (non-hydrogen) atoms. The lowest BCUT2D eigenvalue weighted by Gasteiger charge is -2.23. The van der Waals surface area contributed by atoms with Crippen molar-refractivity contribution in [3.05, 3.63) is 149 Å². The van der Waals surface area contributed by atoms with Crippen molar-refractivity contribution in [2.45, 2.75) is 36.1 Å². The zero-order chi connectivity index (χ0) is 34.5. The Bertz CT molecular complexity index is 2180. The summed E-state index contributed by atoms with van der Waals surface area (Å²) >= 11 is 2.74. The zero-order valence-electron chi connectivity index (χ0n) is 27.2. The second kappa shape index (κ2) is 15.0. The minimum absolute atomic E-state index is 0.0439. The maximum absolute atomic E-state index is 13.9. The second-order valence-corrected chi connectivity index (χ2v) is 13.8. The molecule has 0 saturated carbocycles. The highest BCUT2D eigenvalue weighted by Gasteiger charge is 2.48. The van der Waals surface area contributed by atoms with E-state index in [4.69, 9.17) is 9.47 Å². The summed E-state index contributed by atoms with van der Waals surface area (Å²) in [5, 5.41) is 23.0. The molecule has 0 bridgehead atoms. The van der Waals surface area contributed by atoms with Gasteiger partial charge in [0.05, 0.1) is 18.2 Å². The Kier molecular flexibility index (Phi) is 9.91. The van der Waals surface area contributed by atoms with Crippen molar-refractivity contribution >= 4 is 56.5 Å². The Hall–Kier alpha value is -5.45. The fraction of sp³-hybridized carbons (Fsp3) is 0.150. The molecular weight excluding hydrogens is 667 g/mol. The van der Waals surface area contributed by atoms with Gasteiger partial charge in [-0.25, -0.2) is 0 Å². The van der Waals surface area contributed by atoms with Crippen LogP contribution in [0.5, 0.6) is 11.5 Å². The number of carbonyl (C=O) groups excluding carboxylic acids is 2. The summed E-state index contributed by atoms with van der Waals surface area (Å²) in [5.74, 6) is -0.0456. The van der Waals surface area contributed by atoms with E-state index in [1.165, 1.54) is 28.0 Å². The molecule has 8 nitrogen and oxygen atoms in total. The predicted octanol–water partition coefficient (Wildman–Crippen LogP) is 8.98. The smallest absolute Gasteiger partial charge is 0.301 e. The van der Waals surface area contributed by atoms with Crippen molar-refractivity contribution in [1.82, 2.24) is 10.2 Å². The number of hydrogen-bond donors (Lipinski definition) is 1. The van der Waals surface area contributed by atoms with Crippen molar-refractivity contribution in [3.8, 4) is 11.5 Å². The Morgan fingerprint density at radius 2 is 1.60 bits per heavy atom. The highest BCUT2D eigenvalue weighted by atomic mass is 32.2. The minimum atomic E-state index is -0.977. The molecular formula is C40H33N3O5S2. The molecule has 0 radical (unpaired) electrons. The average Bonchev–Trinajstić information content (AvgIpc) is 3.74. The summed E-state index contributed by atoms with van der Waals surface area (Å²) in [6.45, 7) is 2.92. The highest BCUT2D eigenvalue weighted by molar-refractivity contribution is 8.00. The highest BCUT2D eigenvalue weighted by Crippen LogP contribution is 2.45. The van der Waals surface area contributed by atoms with Crippen molar-refractivity contribution in [3.63, 3.8) is 0 Å². The van der Waals surface area contributed by atoms with Crippen LogP contribution in [0.4, 0.5) is 5.13 Å². The molecule has 1 atom stereocenters. The number of rotatable bonds is 12. The number of carbonyl (C=O) groups is 2. The number of aliphatic hydroxyl groups is 1. The summed E-state index contributed by atoms with van der Waals surface area (Å²) in [6, 6.07) is 37.3. The number of benzene rings is 5. The van der Waals surface area contributed by atoms with E-state index >= 15 is 0 Å². The summed E-state index contributed by atoms with van der Waals surface area (Å²) in [5.41, 5.74) is 3.08. The summed E-state index contributed by atoms with van der Waals surface area (Å²) in [6.07, 6.45) is 0.855. The molecule has 5 aromatic carbocycles. The lowest BCUT2D eigenvalue weighted by Crippen LogP contribution is -2.29. The number of ketones is 1. The van der Waals surface area contributed by atoms with Gasteiger partial charge >= 0.3 is 5.91 Å². The molecule has 1 saturated heterocycles. The number of nitrogens with zero attached hydrogens (tertiary/aromatic N) is 3. The van der Waals surface area contributed by atoms with Gasteiger partial charge in [0.25, 0.3) is 5.78 Å². The molecule has 2 heterocycles. The first-order valence-electron chi connectivity index (χ1n) is 16.2. The van der Waals surface area contributed by atoms with E-state index in [1.807, 2.05) is 67.6 Å². The summed E-state index contributed by atoms with van der Waals surface area (Å²) in [4.78, 5) is 29.0. The van der Waals surface area contributed by atoms with E-state index in [-0.39, 0.29) is 16.5 Å². The van der Waals surface area contributed by atoms with Gasteiger partial charge in [0.1, 0.15) is 23.9 Å². The standard InChI is InChI=1S/C40H33N3O5S2/c1-2-22-47-31-20-18-28(19-21-31)36(44)34-35(29-14-9-16-32(23-29)48-24-26-10-4-3-5-11-26)43(38(46)37(34)45)39-41-42-40(50-39)49-25-30-15-8-13-27-12-6-7-17-33(27)30/h3-21,23,35,44H,2,22,24-25H2,1H3/b36-34+. The molecule has 1 N–H and O–H groups in total. The first kappa shape index (κ1) is 33.1. The van der Waals surface area contributed by atoms with E-state index in [0.29, 0.717) is 45.9 Å². The quantitative estimate of drug-likeness (QED) is 0.0444. The van der Waals surface area contributed by atoms with Gasteiger partial charge in [-0.15, -0.1) is 10.2 Å². The Labute approximate surface area is 298 Å². The maximum atomic E-state index is 13.9. The van der Waals surface area contributed by atoms with Gasteiger partial charge in [-0.05, 0) is 70.3 Å². The van der Waals surface area contributed by atoms with Crippen LogP contribution in [-0.4, -0.2) is 33.6 Å². The minimum Gasteiger partial charge on any atom is -0.507 e. The number of ether oxygens (including phenoxy) is 2. The normalized spacial score (nSPS) is 15.5. The van der Waals surface area contributed by atoms with Crippen LogP contribution in [0.25, 0.3) is 16.5 Å². The number of hydrogen-bond acceptors (Lipinski definition) is 9. The largest absolute Gasteiger partial charge is 0.507 e. The average molecular weight is 700 g/mol. The van der Waals surface area contributed by atoms with Crippen LogP contribution in [0.2, 0.25) is 0 Å². The van der Waals surface area contributed by atoms with E-state index in [9.17, 15) is 14.7 Å². The van der Waals surface area contributed by atoms with Crippen molar-refractivity contribution < 1.29 is 24.2 Å². The number of aromatic nitrogens is 2. The summed E-state index contributed by atoms with van der Waals surface area (Å²) in [7, 11) is 0. The third-order valence-electron chi connectivity index (χ3n) is 8.30. The molecule has 1 aliphatic rings. The van der Waals surface area contributed by atoms with Crippen molar-refractivity contribution in [2.75, 3.05) is 11.5 Å². The van der Waals surface area contributed by atoms with Gasteiger partial charge in [0.15, 0.2) is 4.34 Å². The molecule has 10 heteroatoms. The number of anilines is 1. The van der Waals surface area contributed by atoms with E-state index in [2.05, 4.69) is 34.5 Å². The van der Waals surface area contributed by atoms with E-state index in [0.717, 1.165) is 28.3 Å². The molecule has 1 fully saturated rings. The van der Waals surface area contributed by atoms with Crippen LogP contribution in [0.3, 0.4) is 0 Å². The number of amides is 1. The number of fused-ring (bicyclic) bond motifs is 1. The van der Waals surface area contributed by atoms with Crippen LogP contribution >= 0.6 is 23.1 Å². The van der Waals surface area contributed by atoms with Crippen molar-refractivity contribution in [2.24, 2.45) is 0 Å². The number of aliphatic hydroxyl groups excluding tert-OH is 1. The topological polar surface area (TPSA) is 102 Å². The Morgan fingerprint density at radius 3 is 2.42 bits per heavy atom. The molecule has 0 spiro atoms. The third kappa shape index (κ3) is 6.99. The van der Waals surface area contributed by atoms with Crippen LogP contribution in [0, 0.1) is 0 Å². The SMILES string of the molecule is CCCOc1ccc(/C(O)=C2\C(=O)C(=O)N(c3nnc(SCc4cccc5ccccc45)s3)C2c2cccc(OCc3ccccc3)c2)cc1. The second-order valence-electron chi connectivity index (χ2n) is 11.7. The van der Waals surface area contributed by atoms with Crippen LogP contribution in [-0.2, 0) is 21.9 Å². The fourth-order valence-electron chi connectivity index (χ4n) is 5.86. The molecule has 1 amide bonds. The number of Topliss-reactive ketones (excluding diaryl/α,β-unsaturated/α-hetero) is 1. The first-order valence-corrected chi connectivity index (χ1v) is 18.0. The number of thioether (sulfide) groups is 1. The van der Waals surface area contributed by atoms with Gasteiger partial charge < -0.3 is 14.6 Å². The van der Waals surface area contributed by atoms with Gasteiger partial charge in [-0.1, -0.05) is 115 Å².